The Bertz CT molecular complexity index is 677. The molecule has 1 heterocycles. The summed E-state index contributed by atoms with van der Waals surface area (Å²) in [5.41, 5.74) is 1.01. The lowest BCUT2D eigenvalue weighted by atomic mass is 10.2. The molecular formula is C19H24N2O3. The number of hydrogen-bond acceptors (Lipinski definition) is 3. The Balaban J connectivity index is 1.84. The van der Waals surface area contributed by atoms with Crippen molar-refractivity contribution in [2.45, 2.75) is 32.7 Å². The van der Waals surface area contributed by atoms with E-state index in [1.54, 1.807) is 7.05 Å². The Morgan fingerprint density at radius 2 is 1.83 bits per heavy atom. The maximum atomic E-state index is 12.1. The van der Waals surface area contributed by atoms with Crippen LogP contribution in [-0.4, -0.2) is 36.3 Å². The van der Waals surface area contributed by atoms with Crippen LogP contribution in [0.1, 0.15) is 26.0 Å². The molecule has 128 valence electrons. The van der Waals surface area contributed by atoms with E-state index in [0.29, 0.717) is 12.8 Å². The molecule has 0 spiro atoms. The van der Waals surface area contributed by atoms with Gasteiger partial charge in [0.05, 0.1) is 6.54 Å². The van der Waals surface area contributed by atoms with Crippen LogP contribution in [0.4, 0.5) is 0 Å². The summed E-state index contributed by atoms with van der Waals surface area (Å²) in [6.45, 7) is 3.85. The molecule has 0 bridgehead atoms. The van der Waals surface area contributed by atoms with Crippen LogP contribution in [0.25, 0.3) is 11.3 Å². The van der Waals surface area contributed by atoms with Crippen molar-refractivity contribution in [1.29, 1.82) is 0 Å². The number of likely N-dealkylation sites (N-methyl/N-ethyl adjacent to an activating group) is 1. The van der Waals surface area contributed by atoms with Gasteiger partial charge in [0.15, 0.2) is 0 Å². The summed E-state index contributed by atoms with van der Waals surface area (Å²) in [6.07, 6.45) is 0.828. The van der Waals surface area contributed by atoms with Crippen molar-refractivity contribution >= 4 is 11.8 Å². The molecule has 0 aliphatic carbocycles. The van der Waals surface area contributed by atoms with Gasteiger partial charge in [-0.15, -0.1) is 0 Å². The number of rotatable bonds is 7. The molecule has 5 heteroatoms. The molecule has 2 rings (SSSR count). The van der Waals surface area contributed by atoms with E-state index in [1.165, 1.54) is 4.90 Å². The van der Waals surface area contributed by atoms with Crippen LogP contribution in [0.15, 0.2) is 46.9 Å². The summed E-state index contributed by atoms with van der Waals surface area (Å²) in [7, 11) is 1.64. The molecule has 0 unspecified atom stereocenters. The third-order valence-corrected chi connectivity index (χ3v) is 3.56. The first kappa shape index (κ1) is 17.8. The lowest BCUT2D eigenvalue weighted by Gasteiger charge is -2.17. The zero-order valence-electron chi connectivity index (χ0n) is 14.4. The Kier molecular flexibility index (Phi) is 6.18. The summed E-state index contributed by atoms with van der Waals surface area (Å²) >= 11 is 0. The number of benzene rings is 1. The molecule has 0 aliphatic heterocycles. The monoisotopic (exact) mass is 328 g/mol. The minimum Gasteiger partial charge on any atom is -0.461 e. The van der Waals surface area contributed by atoms with E-state index in [-0.39, 0.29) is 24.4 Å². The van der Waals surface area contributed by atoms with Gasteiger partial charge >= 0.3 is 0 Å². The number of amides is 2. The minimum absolute atomic E-state index is 0.0699. The maximum absolute atomic E-state index is 12.1. The predicted molar refractivity (Wildman–Crippen MR) is 93.4 cm³/mol. The quantitative estimate of drug-likeness (QED) is 0.850. The van der Waals surface area contributed by atoms with Gasteiger partial charge < -0.3 is 14.6 Å². The topological polar surface area (TPSA) is 62.6 Å². The Hall–Kier alpha value is -2.56. The van der Waals surface area contributed by atoms with Crippen molar-refractivity contribution in [3.8, 4) is 11.3 Å². The van der Waals surface area contributed by atoms with Crippen molar-refractivity contribution in [1.82, 2.24) is 10.2 Å². The first-order valence-corrected chi connectivity index (χ1v) is 8.13. The summed E-state index contributed by atoms with van der Waals surface area (Å²) in [6, 6.07) is 13.7. The Morgan fingerprint density at radius 1 is 1.12 bits per heavy atom. The van der Waals surface area contributed by atoms with Crippen LogP contribution in [0.5, 0.6) is 0 Å². The summed E-state index contributed by atoms with van der Waals surface area (Å²) in [5.74, 6) is 1.33. The Labute approximate surface area is 142 Å². The SMILES string of the molecule is CC(C)NC(=O)CN(C)C(=O)CCc1ccc(-c2ccccc2)o1. The van der Waals surface area contributed by atoms with Gasteiger partial charge in [-0.2, -0.15) is 0 Å². The molecule has 1 aromatic heterocycles. The van der Waals surface area contributed by atoms with Crippen molar-refractivity contribution in [2.24, 2.45) is 0 Å². The number of carbonyl (C=O) groups excluding carboxylic acids is 2. The van der Waals surface area contributed by atoms with Crippen molar-refractivity contribution in [2.75, 3.05) is 13.6 Å². The van der Waals surface area contributed by atoms with Crippen LogP contribution in [0, 0.1) is 0 Å². The molecule has 0 fully saturated rings. The molecule has 0 atom stereocenters. The standard InChI is InChI=1S/C19H24N2O3/c1-14(2)20-18(22)13-21(3)19(23)12-10-16-9-11-17(24-16)15-7-5-4-6-8-15/h4-9,11,14H,10,12-13H2,1-3H3,(H,20,22). The molecule has 1 N–H and O–H groups in total. The molecule has 2 amide bonds. The van der Waals surface area contributed by atoms with E-state index >= 15 is 0 Å². The second-order valence-electron chi connectivity index (χ2n) is 6.10. The lowest BCUT2D eigenvalue weighted by Crippen LogP contribution is -2.40. The van der Waals surface area contributed by atoms with E-state index in [1.807, 2.05) is 56.3 Å². The largest absolute Gasteiger partial charge is 0.461 e. The van der Waals surface area contributed by atoms with Gasteiger partial charge in [0.25, 0.3) is 0 Å². The van der Waals surface area contributed by atoms with Crippen molar-refractivity contribution in [3.05, 3.63) is 48.2 Å². The molecular weight excluding hydrogens is 304 g/mol. The van der Waals surface area contributed by atoms with Crippen molar-refractivity contribution in [3.63, 3.8) is 0 Å². The Morgan fingerprint density at radius 3 is 2.50 bits per heavy atom. The molecule has 0 radical (unpaired) electrons. The predicted octanol–water partition coefficient (Wildman–Crippen LogP) is 2.86. The molecule has 1 aromatic carbocycles. The molecule has 24 heavy (non-hydrogen) atoms. The zero-order valence-corrected chi connectivity index (χ0v) is 14.4. The summed E-state index contributed by atoms with van der Waals surface area (Å²) < 4.78 is 5.78. The highest BCUT2D eigenvalue weighted by molar-refractivity contribution is 5.84. The van der Waals surface area contributed by atoms with Crippen LogP contribution in [0.3, 0.4) is 0 Å². The fourth-order valence-electron chi connectivity index (χ4n) is 2.36. The van der Waals surface area contributed by atoms with E-state index < -0.39 is 0 Å². The van der Waals surface area contributed by atoms with Crippen LogP contribution in [0.2, 0.25) is 0 Å². The molecule has 0 saturated heterocycles. The third-order valence-electron chi connectivity index (χ3n) is 3.56. The zero-order chi connectivity index (χ0) is 17.5. The normalized spacial score (nSPS) is 10.7. The highest BCUT2D eigenvalue weighted by Gasteiger charge is 2.14. The first-order valence-electron chi connectivity index (χ1n) is 8.13. The van der Waals surface area contributed by atoms with Crippen LogP contribution < -0.4 is 5.32 Å². The van der Waals surface area contributed by atoms with Gasteiger partial charge in [-0.3, -0.25) is 9.59 Å². The number of nitrogens with one attached hydrogen (secondary N) is 1. The molecule has 2 aromatic rings. The van der Waals surface area contributed by atoms with Gasteiger partial charge in [-0.05, 0) is 26.0 Å². The van der Waals surface area contributed by atoms with Gasteiger partial charge in [-0.25, -0.2) is 0 Å². The average molecular weight is 328 g/mol. The van der Waals surface area contributed by atoms with Crippen LogP contribution in [-0.2, 0) is 16.0 Å². The van der Waals surface area contributed by atoms with Gasteiger partial charge in [-0.1, -0.05) is 30.3 Å². The van der Waals surface area contributed by atoms with E-state index in [0.717, 1.165) is 17.1 Å². The minimum atomic E-state index is -0.148. The fraction of sp³-hybridized carbons (Fsp3) is 0.368. The molecule has 0 saturated carbocycles. The van der Waals surface area contributed by atoms with Crippen molar-refractivity contribution < 1.29 is 14.0 Å². The average Bonchev–Trinajstić information content (AvgIpc) is 3.01. The third kappa shape index (κ3) is 5.26. The first-order chi connectivity index (χ1) is 11.5. The summed E-state index contributed by atoms with van der Waals surface area (Å²) in [4.78, 5) is 25.2. The van der Waals surface area contributed by atoms with E-state index in [2.05, 4.69) is 5.32 Å². The second-order valence-corrected chi connectivity index (χ2v) is 6.10. The number of hydrogen-bond donors (Lipinski definition) is 1. The highest BCUT2D eigenvalue weighted by atomic mass is 16.3. The maximum Gasteiger partial charge on any atom is 0.239 e. The summed E-state index contributed by atoms with van der Waals surface area (Å²) in [5, 5.41) is 2.77. The lowest BCUT2D eigenvalue weighted by molar-refractivity contribution is -0.134. The smallest absolute Gasteiger partial charge is 0.239 e. The van der Waals surface area contributed by atoms with E-state index in [4.69, 9.17) is 4.42 Å². The number of nitrogens with zero attached hydrogens (tertiary/aromatic N) is 1. The molecule has 5 nitrogen and oxygen atoms in total. The number of furan rings is 1. The van der Waals surface area contributed by atoms with Gasteiger partial charge in [0.1, 0.15) is 11.5 Å². The second kappa shape index (κ2) is 8.34. The fourth-order valence-corrected chi connectivity index (χ4v) is 2.36. The van der Waals surface area contributed by atoms with Gasteiger partial charge in [0.2, 0.25) is 11.8 Å². The highest BCUT2D eigenvalue weighted by Crippen LogP contribution is 2.22. The van der Waals surface area contributed by atoms with E-state index in [9.17, 15) is 9.59 Å². The van der Waals surface area contributed by atoms with Crippen LogP contribution >= 0.6 is 0 Å². The van der Waals surface area contributed by atoms with Gasteiger partial charge in [0, 0.05) is 31.5 Å². The number of carbonyl (C=O) groups is 2. The molecule has 0 aliphatic rings. The number of aryl methyl sites for hydroxylation is 1.